The van der Waals surface area contributed by atoms with E-state index >= 15 is 0 Å². The number of carbonyl (C=O) groups excluding carboxylic acids is 1. The zero-order valence-electron chi connectivity index (χ0n) is 5.59. The summed E-state index contributed by atoms with van der Waals surface area (Å²) in [5.74, 6) is 0. The summed E-state index contributed by atoms with van der Waals surface area (Å²) in [6, 6.07) is 0. The third-order valence-corrected chi connectivity index (χ3v) is 1.50. The van der Waals surface area contributed by atoms with Crippen LogP contribution in [0.1, 0.15) is 0 Å². The Morgan fingerprint density at radius 2 is 2.60 bits per heavy atom. The summed E-state index contributed by atoms with van der Waals surface area (Å²) in [6.45, 7) is 0.674. The number of rotatable bonds is 2. The molecule has 1 heterocycles. The fourth-order valence-corrected chi connectivity index (χ4v) is 0.890. The lowest BCUT2D eigenvalue weighted by molar-refractivity contribution is 0.158. The molecule has 5 heteroatoms. The van der Waals surface area contributed by atoms with Crippen molar-refractivity contribution in [3.8, 4) is 0 Å². The summed E-state index contributed by atoms with van der Waals surface area (Å²) in [5.41, 5.74) is 0. The lowest BCUT2D eigenvalue weighted by Gasteiger charge is -2.10. The Balaban J connectivity index is 2.54. The number of carbonyl (C=O) groups is 1. The van der Waals surface area contributed by atoms with Crippen LogP contribution in [0.2, 0.25) is 0 Å². The van der Waals surface area contributed by atoms with Crippen molar-refractivity contribution in [3.63, 3.8) is 0 Å². The maximum atomic E-state index is 10.8. The Labute approximate surface area is 64.1 Å². The fourth-order valence-electron chi connectivity index (χ4n) is 0.692. The smallest absolute Gasteiger partial charge is 0.416 e. The van der Waals surface area contributed by atoms with Gasteiger partial charge in [-0.25, -0.2) is 4.79 Å². The number of thiocarbonyl (C=S) groups is 1. The molecule has 1 saturated heterocycles. The van der Waals surface area contributed by atoms with Crippen LogP contribution in [0.15, 0.2) is 0 Å². The number of nitrogens with one attached hydrogen (secondary N) is 1. The summed E-state index contributed by atoms with van der Waals surface area (Å²) < 4.78 is 4.64. The van der Waals surface area contributed by atoms with Crippen LogP contribution >= 0.6 is 12.2 Å². The minimum Gasteiger partial charge on any atom is -0.442 e. The molecule has 1 fully saturated rings. The van der Waals surface area contributed by atoms with Crippen molar-refractivity contribution in [1.29, 1.82) is 0 Å². The number of hydrogen-bond donors (Lipinski definition) is 1. The van der Waals surface area contributed by atoms with Crippen molar-refractivity contribution in [2.75, 3.05) is 20.3 Å². The van der Waals surface area contributed by atoms with Crippen LogP contribution in [0.5, 0.6) is 0 Å². The standard InChI is InChI=1S/C5H8N2O2S/c1-6-3-7-4(10)2-9-5(7)8/h6H,2-3H2,1H3. The second-order valence-electron chi connectivity index (χ2n) is 1.89. The molecule has 1 amide bonds. The number of nitrogens with zero attached hydrogens (tertiary/aromatic N) is 1. The highest BCUT2D eigenvalue weighted by Gasteiger charge is 2.26. The van der Waals surface area contributed by atoms with Crippen LogP contribution in [0.3, 0.4) is 0 Å². The molecule has 0 bridgehead atoms. The Kier molecular flexibility index (Phi) is 2.18. The molecule has 0 aromatic rings. The average molecular weight is 160 g/mol. The van der Waals surface area contributed by atoms with Gasteiger partial charge >= 0.3 is 6.09 Å². The van der Waals surface area contributed by atoms with Crippen molar-refractivity contribution in [1.82, 2.24) is 10.2 Å². The van der Waals surface area contributed by atoms with Gasteiger partial charge in [-0.15, -0.1) is 0 Å². The molecule has 4 nitrogen and oxygen atoms in total. The summed E-state index contributed by atoms with van der Waals surface area (Å²) in [6.07, 6.45) is -0.362. The Bertz CT molecular complexity index is 155. The monoisotopic (exact) mass is 160 g/mol. The molecule has 1 N–H and O–H groups in total. The molecule has 0 radical (unpaired) electrons. The van der Waals surface area contributed by atoms with Crippen LogP contribution in [0.4, 0.5) is 4.79 Å². The molecular formula is C5H8N2O2S. The number of ether oxygens (including phenoxy) is 1. The van der Waals surface area contributed by atoms with E-state index in [1.807, 2.05) is 0 Å². The molecule has 0 aromatic heterocycles. The van der Waals surface area contributed by atoms with E-state index in [2.05, 4.69) is 10.1 Å². The first-order valence-corrected chi connectivity index (χ1v) is 3.28. The van der Waals surface area contributed by atoms with Gasteiger partial charge in [0.15, 0.2) is 0 Å². The maximum Gasteiger partial charge on any atom is 0.416 e. The van der Waals surface area contributed by atoms with E-state index < -0.39 is 0 Å². The Hall–Kier alpha value is -0.680. The van der Waals surface area contributed by atoms with E-state index in [4.69, 9.17) is 12.2 Å². The normalized spacial score (nSPS) is 17.9. The lowest BCUT2D eigenvalue weighted by atomic mass is 10.6. The van der Waals surface area contributed by atoms with Gasteiger partial charge in [-0.3, -0.25) is 4.90 Å². The van der Waals surface area contributed by atoms with Gasteiger partial charge in [0.2, 0.25) is 0 Å². The Morgan fingerprint density at radius 3 is 3.00 bits per heavy atom. The summed E-state index contributed by atoms with van der Waals surface area (Å²) in [5, 5.41) is 2.81. The SMILES string of the molecule is CNCN1C(=O)OCC1=S. The van der Waals surface area contributed by atoms with Gasteiger partial charge in [0.25, 0.3) is 0 Å². The molecule has 0 saturated carbocycles. The van der Waals surface area contributed by atoms with Crippen molar-refractivity contribution < 1.29 is 9.53 Å². The number of amides is 1. The molecule has 0 unspecified atom stereocenters. The van der Waals surface area contributed by atoms with Gasteiger partial charge in [-0.1, -0.05) is 12.2 Å². The minimum atomic E-state index is -0.362. The van der Waals surface area contributed by atoms with E-state index in [1.165, 1.54) is 4.90 Å². The van der Waals surface area contributed by atoms with Crippen molar-refractivity contribution in [2.24, 2.45) is 0 Å². The first-order chi connectivity index (χ1) is 4.75. The van der Waals surface area contributed by atoms with Crippen molar-refractivity contribution in [2.45, 2.75) is 0 Å². The van der Waals surface area contributed by atoms with E-state index in [0.717, 1.165) is 0 Å². The van der Waals surface area contributed by atoms with E-state index in [1.54, 1.807) is 7.05 Å². The van der Waals surface area contributed by atoms with Crippen LogP contribution in [-0.4, -0.2) is 36.3 Å². The van der Waals surface area contributed by atoms with Crippen LogP contribution < -0.4 is 5.32 Å². The molecule has 0 aliphatic carbocycles. The molecular weight excluding hydrogens is 152 g/mol. The summed E-state index contributed by atoms with van der Waals surface area (Å²) >= 11 is 4.82. The highest BCUT2D eigenvalue weighted by molar-refractivity contribution is 7.80. The van der Waals surface area contributed by atoms with Crippen LogP contribution in [0, 0.1) is 0 Å². The molecule has 0 atom stereocenters. The second-order valence-corrected chi connectivity index (χ2v) is 2.36. The third kappa shape index (κ3) is 1.25. The van der Waals surface area contributed by atoms with Gasteiger partial charge in [-0.2, -0.15) is 0 Å². The van der Waals surface area contributed by atoms with E-state index in [9.17, 15) is 4.79 Å². The first kappa shape index (κ1) is 7.43. The van der Waals surface area contributed by atoms with Gasteiger partial charge in [0, 0.05) is 0 Å². The Morgan fingerprint density at radius 1 is 1.90 bits per heavy atom. The zero-order chi connectivity index (χ0) is 7.56. The van der Waals surface area contributed by atoms with Crippen LogP contribution in [-0.2, 0) is 4.74 Å². The van der Waals surface area contributed by atoms with Gasteiger partial charge < -0.3 is 10.1 Å². The van der Waals surface area contributed by atoms with Crippen molar-refractivity contribution >= 4 is 23.3 Å². The topological polar surface area (TPSA) is 41.6 Å². The molecule has 1 aliphatic heterocycles. The van der Waals surface area contributed by atoms with E-state index in [-0.39, 0.29) is 12.7 Å². The highest BCUT2D eigenvalue weighted by atomic mass is 32.1. The van der Waals surface area contributed by atoms with Crippen molar-refractivity contribution in [3.05, 3.63) is 0 Å². The predicted octanol–water partition coefficient (Wildman–Crippen LogP) is -0.0571. The molecule has 1 rings (SSSR count). The van der Waals surface area contributed by atoms with Crippen LogP contribution in [0.25, 0.3) is 0 Å². The zero-order valence-corrected chi connectivity index (χ0v) is 6.40. The molecule has 0 aromatic carbocycles. The molecule has 0 spiro atoms. The summed E-state index contributed by atoms with van der Waals surface area (Å²) in [7, 11) is 1.74. The maximum absolute atomic E-state index is 10.8. The molecule has 1 aliphatic rings. The lowest BCUT2D eigenvalue weighted by Crippen LogP contribution is -2.35. The van der Waals surface area contributed by atoms with Gasteiger partial charge in [-0.05, 0) is 7.05 Å². The quantitative estimate of drug-likeness (QED) is 0.575. The second kappa shape index (κ2) is 2.94. The highest BCUT2D eigenvalue weighted by Crippen LogP contribution is 2.04. The third-order valence-electron chi connectivity index (χ3n) is 1.16. The molecule has 10 heavy (non-hydrogen) atoms. The fraction of sp³-hybridized carbons (Fsp3) is 0.600. The first-order valence-electron chi connectivity index (χ1n) is 2.87. The average Bonchev–Trinajstić information content (AvgIpc) is 2.20. The van der Waals surface area contributed by atoms with Gasteiger partial charge in [0.1, 0.15) is 11.6 Å². The predicted molar refractivity (Wildman–Crippen MR) is 39.7 cm³/mol. The van der Waals surface area contributed by atoms with Gasteiger partial charge in [0.05, 0.1) is 6.67 Å². The number of hydrogen-bond acceptors (Lipinski definition) is 4. The number of cyclic esters (lactones) is 1. The van der Waals surface area contributed by atoms with E-state index in [0.29, 0.717) is 11.7 Å². The molecule has 56 valence electrons. The summed E-state index contributed by atoms with van der Waals surface area (Å²) in [4.78, 5) is 12.7. The largest absolute Gasteiger partial charge is 0.442 e. The minimum absolute atomic E-state index is 0.246.